The number of aromatic nitrogens is 2. The first-order valence-electron chi connectivity index (χ1n) is 5.96. The molecule has 1 unspecified atom stereocenters. The first-order chi connectivity index (χ1) is 9.15. The Morgan fingerprint density at radius 2 is 2.26 bits per heavy atom. The summed E-state index contributed by atoms with van der Waals surface area (Å²) in [6, 6.07) is 7.99. The summed E-state index contributed by atoms with van der Waals surface area (Å²) in [5.74, 6) is 0.871. The van der Waals surface area contributed by atoms with Crippen LogP contribution >= 0.6 is 27.5 Å². The molecule has 98 valence electrons. The minimum Gasteiger partial charge on any atom is -0.472 e. The molecule has 0 fully saturated rings. The molecule has 2 heterocycles. The lowest BCUT2D eigenvalue weighted by molar-refractivity contribution is 0.562. The number of nitrogens with zero attached hydrogens (tertiary/aromatic N) is 2. The van der Waals surface area contributed by atoms with Crippen molar-refractivity contribution in [2.45, 2.75) is 18.8 Å². The second kappa shape index (κ2) is 5.02. The fraction of sp³-hybridized carbons (Fsp3) is 0.214. The van der Waals surface area contributed by atoms with Crippen LogP contribution in [0.4, 0.5) is 0 Å². The van der Waals surface area contributed by atoms with E-state index in [1.807, 2.05) is 25.1 Å². The fourth-order valence-corrected chi connectivity index (χ4v) is 2.67. The van der Waals surface area contributed by atoms with Crippen LogP contribution in [-0.2, 0) is 6.54 Å². The maximum absolute atomic E-state index is 6.24. The highest BCUT2D eigenvalue weighted by Gasteiger charge is 2.15. The highest BCUT2D eigenvalue weighted by Crippen LogP contribution is 2.27. The second-order valence-electron chi connectivity index (χ2n) is 4.44. The van der Waals surface area contributed by atoms with Crippen LogP contribution in [0.3, 0.4) is 0 Å². The monoisotopic (exact) mass is 338 g/mol. The topological polar surface area (TPSA) is 31.0 Å². The molecular formula is C14H12BrClN2O. The molecule has 0 amide bonds. The highest BCUT2D eigenvalue weighted by molar-refractivity contribution is 9.10. The van der Waals surface area contributed by atoms with Crippen molar-refractivity contribution in [2.75, 3.05) is 0 Å². The summed E-state index contributed by atoms with van der Waals surface area (Å²) in [4.78, 5) is 4.61. The van der Waals surface area contributed by atoms with Gasteiger partial charge in [-0.1, -0.05) is 15.9 Å². The summed E-state index contributed by atoms with van der Waals surface area (Å²) in [6.45, 7) is 2.64. The van der Waals surface area contributed by atoms with Gasteiger partial charge in [-0.05, 0) is 31.2 Å². The van der Waals surface area contributed by atoms with E-state index >= 15 is 0 Å². The molecule has 0 saturated carbocycles. The lowest BCUT2D eigenvalue weighted by Crippen LogP contribution is -2.05. The van der Waals surface area contributed by atoms with E-state index in [0.717, 1.165) is 26.9 Å². The molecule has 3 aromatic rings. The van der Waals surface area contributed by atoms with Gasteiger partial charge in [-0.25, -0.2) is 4.98 Å². The van der Waals surface area contributed by atoms with Gasteiger partial charge < -0.3 is 8.98 Å². The summed E-state index contributed by atoms with van der Waals surface area (Å²) in [7, 11) is 0. The Bertz CT molecular complexity index is 704. The van der Waals surface area contributed by atoms with E-state index in [4.69, 9.17) is 16.0 Å². The normalized spacial score (nSPS) is 13.0. The van der Waals surface area contributed by atoms with Gasteiger partial charge in [0.2, 0.25) is 0 Å². The van der Waals surface area contributed by atoms with Crippen LogP contribution in [0, 0.1) is 0 Å². The Labute approximate surface area is 124 Å². The van der Waals surface area contributed by atoms with Crippen molar-refractivity contribution >= 4 is 38.6 Å². The van der Waals surface area contributed by atoms with Crippen LogP contribution in [0.5, 0.6) is 0 Å². The molecule has 0 saturated heterocycles. The van der Waals surface area contributed by atoms with E-state index in [2.05, 4.69) is 31.5 Å². The minimum atomic E-state index is -0.141. The van der Waals surface area contributed by atoms with Crippen LogP contribution in [-0.4, -0.2) is 9.55 Å². The average Bonchev–Trinajstić information content (AvgIpc) is 2.98. The molecule has 3 nitrogen and oxygen atoms in total. The van der Waals surface area contributed by atoms with Gasteiger partial charge in [-0.15, -0.1) is 11.6 Å². The van der Waals surface area contributed by atoms with Gasteiger partial charge in [0, 0.05) is 10.0 Å². The Morgan fingerprint density at radius 1 is 1.42 bits per heavy atom. The SMILES string of the molecule is CC(Cl)c1nc2ccc(Br)cc2n1Cc1ccoc1. The zero-order chi connectivity index (χ0) is 13.4. The van der Waals surface area contributed by atoms with Crippen molar-refractivity contribution in [3.05, 3.63) is 52.7 Å². The van der Waals surface area contributed by atoms with Crippen LogP contribution < -0.4 is 0 Å². The number of imidazole rings is 1. The molecule has 1 atom stereocenters. The Balaban J connectivity index is 2.18. The van der Waals surface area contributed by atoms with Gasteiger partial charge in [0.25, 0.3) is 0 Å². The Kier molecular flexibility index (Phi) is 3.37. The number of furan rings is 1. The first-order valence-corrected chi connectivity index (χ1v) is 7.19. The van der Waals surface area contributed by atoms with Crippen LogP contribution in [0.15, 0.2) is 45.7 Å². The van der Waals surface area contributed by atoms with Gasteiger partial charge in [-0.3, -0.25) is 0 Å². The zero-order valence-electron chi connectivity index (χ0n) is 10.3. The smallest absolute Gasteiger partial charge is 0.128 e. The van der Waals surface area contributed by atoms with Crippen molar-refractivity contribution in [3.8, 4) is 0 Å². The summed E-state index contributed by atoms with van der Waals surface area (Å²) in [5, 5.41) is -0.141. The van der Waals surface area contributed by atoms with E-state index in [-0.39, 0.29) is 5.38 Å². The summed E-state index contributed by atoms with van der Waals surface area (Å²) >= 11 is 9.74. The number of hydrogen-bond acceptors (Lipinski definition) is 2. The number of rotatable bonds is 3. The van der Waals surface area contributed by atoms with Gasteiger partial charge >= 0.3 is 0 Å². The van der Waals surface area contributed by atoms with Crippen molar-refractivity contribution in [3.63, 3.8) is 0 Å². The molecule has 1 aromatic carbocycles. The molecule has 0 N–H and O–H groups in total. The lowest BCUT2D eigenvalue weighted by Gasteiger charge is -2.09. The molecule has 0 aliphatic rings. The molecular weight excluding hydrogens is 328 g/mol. The summed E-state index contributed by atoms with van der Waals surface area (Å²) in [6.07, 6.45) is 3.42. The number of fused-ring (bicyclic) bond motifs is 1. The van der Waals surface area contributed by atoms with E-state index in [1.54, 1.807) is 12.5 Å². The van der Waals surface area contributed by atoms with Gasteiger partial charge in [0.05, 0.1) is 35.5 Å². The third-order valence-corrected chi connectivity index (χ3v) is 3.70. The lowest BCUT2D eigenvalue weighted by atomic mass is 10.3. The van der Waals surface area contributed by atoms with Gasteiger partial charge in [-0.2, -0.15) is 0 Å². The van der Waals surface area contributed by atoms with E-state index in [0.29, 0.717) is 6.54 Å². The summed E-state index contributed by atoms with van der Waals surface area (Å²) < 4.78 is 8.28. The van der Waals surface area contributed by atoms with Crippen molar-refractivity contribution in [1.82, 2.24) is 9.55 Å². The predicted molar refractivity (Wildman–Crippen MR) is 79.5 cm³/mol. The van der Waals surface area contributed by atoms with Crippen LogP contribution in [0.25, 0.3) is 11.0 Å². The van der Waals surface area contributed by atoms with Crippen molar-refractivity contribution < 1.29 is 4.42 Å². The van der Waals surface area contributed by atoms with Crippen molar-refractivity contribution in [1.29, 1.82) is 0 Å². The molecule has 5 heteroatoms. The number of alkyl halides is 1. The third kappa shape index (κ3) is 2.42. The highest BCUT2D eigenvalue weighted by atomic mass is 79.9. The average molecular weight is 340 g/mol. The van der Waals surface area contributed by atoms with Gasteiger partial charge in [0.1, 0.15) is 5.82 Å². The first kappa shape index (κ1) is 12.8. The van der Waals surface area contributed by atoms with Crippen LogP contribution in [0.2, 0.25) is 0 Å². The maximum atomic E-state index is 6.24. The molecule has 2 aromatic heterocycles. The Morgan fingerprint density at radius 3 is 2.95 bits per heavy atom. The fourth-order valence-electron chi connectivity index (χ4n) is 2.15. The van der Waals surface area contributed by atoms with E-state index in [9.17, 15) is 0 Å². The molecule has 0 aliphatic carbocycles. The van der Waals surface area contributed by atoms with Crippen LogP contribution in [0.1, 0.15) is 23.7 Å². The molecule has 3 rings (SSSR count). The van der Waals surface area contributed by atoms with E-state index < -0.39 is 0 Å². The maximum Gasteiger partial charge on any atom is 0.128 e. The quantitative estimate of drug-likeness (QED) is 0.645. The molecule has 0 spiro atoms. The second-order valence-corrected chi connectivity index (χ2v) is 6.01. The van der Waals surface area contributed by atoms with Crippen molar-refractivity contribution in [2.24, 2.45) is 0 Å². The largest absolute Gasteiger partial charge is 0.472 e. The number of benzene rings is 1. The van der Waals surface area contributed by atoms with E-state index in [1.165, 1.54) is 0 Å². The third-order valence-electron chi connectivity index (χ3n) is 3.02. The summed E-state index contributed by atoms with van der Waals surface area (Å²) in [5.41, 5.74) is 3.12. The zero-order valence-corrected chi connectivity index (χ0v) is 12.6. The molecule has 0 bridgehead atoms. The number of halogens is 2. The van der Waals surface area contributed by atoms with Gasteiger partial charge in [0.15, 0.2) is 0 Å². The minimum absolute atomic E-state index is 0.141. The molecule has 0 radical (unpaired) electrons. The Hall–Kier alpha value is -1.26. The standard InChI is InChI=1S/C14H12BrClN2O/c1-9(16)14-17-12-3-2-11(15)6-13(12)18(14)7-10-4-5-19-8-10/h2-6,8-9H,7H2,1H3. The number of hydrogen-bond donors (Lipinski definition) is 0. The molecule has 19 heavy (non-hydrogen) atoms. The molecule has 0 aliphatic heterocycles. The predicted octanol–water partition coefficient (Wildman–Crippen LogP) is 4.74.